The zero-order valence-corrected chi connectivity index (χ0v) is 8.10. The van der Waals surface area contributed by atoms with E-state index in [9.17, 15) is 4.79 Å². The van der Waals surface area contributed by atoms with Gasteiger partial charge in [-0.15, -0.1) is 0 Å². The van der Waals surface area contributed by atoms with Gasteiger partial charge in [0.1, 0.15) is 6.54 Å². The van der Waals surface area contributed by atoms with Crippen LogP contribution in [0, 0.1) is 0 Å². The highest BCUT2D eigenvalue weighted by molar-refractivity contribution is 5.73. The van der Waals surface area contributed by atoms with Crippen LogP contribution in [0.5, 0.6) is 0 Å². The van der Waals surface area contributed by atoms with Gasteiger partial charge in [-0.25, -0.2) is 0 Å². The largest absolute Gasteiger partial charge is 0.480 e. The zero-order valence-electron chi connectivity index (χ0n) is 8.10. The number of hydrogen-bond donors (Lipinski definition) is 2. The van der Waals surface area contributed by atoms with Crippen LogP contribution in [0.25, 0.3) is 0 Å². The molecule has 0 aliphatic rings. The van der Waals surface area contributed by atoms with Crippen molar-refractivity contribution in [3.63, 3.8) is 0 Å². The molecule has 0 bridgehead atoms. The lowest BCUT2D eigenvalue weighted by Gasteiger charge is -2.20. The van der Waals surface area contributed by atoms with Crippen LogP contribution in [0.1, 0.15) is 6.92 Å². The molecule has 0 spiro atoms. The molecule has 0 unspecified atom stereocenters. The maximum Gasteiger partial charge on any atom is 0.323 e. The average molecular weight is 194 g/mol. The van der Waals surface area contributed by atoms with Crippen LogP contribution < -0.4 is 10.6 Å². The van der Waals surface area contributed by atoms with Gasteiger partial charge in [0.2, 0.25) is 0 Å². The van der Waals surface area contributed by atoms with E-state index in [1.807, 2.05) is 19.1 Å². The normalized spacial score (nSPS) is 9.79. The van der Waals surface area contributed by atoms with Gasteiger partial charge in [0.15, 0.2) is 0 Å². The molecule has 1 aromatic carbocycles. The quantitative estimate of drug-likeness (QED) is 0.706. The minimum atomic E-state index is -0.830. The maximum absolute atomic E-state index is 10.5. The average Bonchev–Trinajstić information content (AvgIpc) is 2.15. The summed E-state index contributed by atoms with van der Waals surface area (Å²) in [7, 11) is 0. The number of aliphatic carboxylic acids is 1. The summed E-state index contributed by atoms with van der Waals surface area (Å²) in [5, 5.41) is 8.66. The van der Waals surface area contributed by atoms with Gasteiger partial charge in [0, 0.05) is 17.9 Å². The van der Waals surface area contributed by atoms with Gasteiger partial charge in [-0.1, -0.05) is 0 Å². The first-order valence-corrected chi connectivity index (χ1v) is 4.45. The van der Waals surface area contributed by atoms with E-state index < -0.39 is 5.97 Å². The first kappa shape index (κ1) is 10.4. The van der Waals surface area contributed by atoms with Crippen LogP contribution in [-0.4, -0.2) is 24.2 Å². The highest BCUT2D eigenvalue weighted by Crippen LogP contribution is 2.15. The number of benzene rings is 1. The number of nitrogens with two attached hydrogens (primary N) is 1. The minimum Gasteiger partial charge on any atom is -0.480 e. The van der Waals surface area contributed by atoms with Gasteiger partial charge >= 0.3 is 5.97 Å². The Morgan fingerprint density at radius 1 is 1.43 bits per heavy atom. The molecule has 0 amide bonds. The van der Waals surface area contributed by atoms with E-state index in [4.69, 9.17) is 10.8 Å². The zero-order chi connectivity index (χ0) is 10.6. The molecule has 76 valence electrons. The lowest BCUT2D eigenvalue weighted by atomic mass is 10.2. The van der Waals surface area contributed by atoms with E-state index >= 15 is 0 Å². The third-order valence-corrected chi connectivity index (χ3v) is 1.97. The number of nitrogens with zero attached hydrogens (tertiary/aromatic N) is 1. The lowest BCUT2D eigenvalue weighted by Crippen LogP contribution is -2.29. The second-order valence-electron chi connectivity index (χ2n) is 3.00. The number of anilines is 2. The van der Waals surface area contributed by atoms with E-state index in [1.54, 1.807) is 17.0 Å². The summed E-state index contributed by atoms with van der Waals surface area (Å²) in [5.41, 5.74) is 7.09. The summed E-state index contributed by atoms with van der Waals surface area (Å²) in [5.74, 6) is -0.830. The molecule has 0 heterocycles. The summed E-state index contributed by atoms with van der Waals surface area (Å²) in [4.78, 5) is 12.3. The first-order valence-electron chi connectivity index (χ1n) is 4.45. The van der Waals surface area contributed by atoms with Crippen molar-refractivity contribution in [2.24, 2.45) is 0 Å². The maximum atomic E-state index is 10.5. The summed E-state index contributed by atoms with van der Waals surface area (Å²) in [6.45, 7) is 2.59. The smallest absolute Gasteiger partial charge is 0.323 e. The molecular formula is C10H14N2O2. The minimum absolute atomic E-state index is 0.0143. The van der Waals surface area contributed by atoms with E-state index in [-0.39, 0.29) is 6.54 Å². The van der Waals surface area contributed by atoms with Gasteiger partial charge in [-0.05, 0) is 31.2 Å². The molecule has 0 atom stereocenters. The number of carboxylic acids is 1. The Balaban J connectivity index is 2.78. The Kier molecular flexibility index (Phi) is 3.34. The monoisotopic (exact) mass is 194 g/mol. The summed E-state index contributed by atoms with van der Waals surface area (Å²) < 4.78 is 0. The van der Waals surface area contributed by atoms with Crippen molar-refractivity contribution in [2.45, 2.75) is 6.92 Å². The summed E-state index contributed by atoms with van der Waals surface area (Å²) >= 11 is 0. The highest BCUT2D eigenvalue weighted by atomic mass is 16.4. The van der Waals surface area contributed by atoms with E-state index in [1.165, 1.54) is 0 Å². The van der Waals surface area contributed by atoms with Crippen molar-refractivity contribution in [1.29, 1.82) is 0 Å². The van der Waals surface area contributed by atoms with Crippen LogP contribution >= 0.6 is 0 Å². The van der Waals surface area contributed by atoms with Crippen molar-refractivity contribution in [3.05, 3.63) is 24.3 Å². The topological polar surface area (TPSA) is 66.6 Å². The Labute approximate surface area is 82.9 Å². The third-order valence-electron chi connectivity index (χ3n) is 1.97. The molecule has 1 rings (SSSR count). The number of likely N-dealkylation sites (N-methyl/N-ethyl adjacent to an activating group) is 1. The first-order chi connectivity index (χ1) is 6.63. The van der Waals surface area contributed by atoms with Gasteiger partial charge in [-0.3, -0.25) is 4.79 Å². The predicted molar refractivity (Wildman–Crippen MR) is 56.4 cm³/mol. The molecule has 0 aliphatic carbocycles. The van der Waals surface area contributed by atoms with Crippen LogP contribution in [0.4, 0.5) is 11.4 Å². The predicted octanol–water partition coefficient (Wildman–Crippen LogP) is 1.18. The van der Waals surface area contributed by atoms with Gasteiger partial charge in [-0.2, -0.15) is 0 Å². The van der Waals surface area contributed by atoms with Gasteiger partial charge in [0.05, 0.1) is 0 Å². The summed E-state index contributed by atoms with van der Waals surface area (Å²) in [6.07, 6.45) is 0. The number of carbonyl (C=O) groups is 1. The molecule has 0 aromatic heterocycles. The fraction of sp³-hybridized carbons (Fsp3) is 0.300. The fourth-order valence-electron chi connectivity index (χ4n) is 1.23. The van der Waals surface area contributed by atoms with Crippen LogP contribution in [-0.2, 0) is 4.79 Å². The molecule has 0 saturated heterocycles. The number of carboxylic acid groups (broad SMARTS) is 1. The molecule has 4 heteroatoms. The molecule has 14 heavy (non-hydrogen) atoms. The Hall–Kier alpha value is -1.71. The molecule has 0 saturated carbocycles. The second kappa shape index (κ2) is 4.50. The Bertz CT molecular complexity index is 308. The third kappa shape index (κ3) is 2.65. The standard InChI is InChI=1S/C10H14N2O2/c1-2-12(7-10(13)14)9-5-3-8(11)4-6-9/h3-6H,2,7,11H2,1H3,(H,13,14). The van der Waals surface area contributed by atoms with Crippen LogP contribution in [0.15, 0.2) is 24.3 Å². The Morgan fingerprint density at radius 2 is 2.00 bits per heavy atom. The Morgan fingerprint density at radius 3 is 2.43 bits per heavy atom. The molecule has 0 radical (unpaired) electrons. The molecule has 4 nitrogen and oxygen atoms in total. The van der Waals surface area contributed by atoms with Gasteiger partial charge < -0.3 is 15.7 Å². The molecule has 3 N–H and O–H groups in total. The number of nitrogen functional groups attached to an aromatic ring is 1. The molecule has 0 aliphatic heterocycles. The fourth-order valence-corrected chi connectivity index (χ4v) is 1.23. The second-order valence-corrected chi connectivity index (χ2v) is 3.00. The van der Waals surface area contributed by atoms with Crippen molar-refractivity contribution in [2.75, 3.05) is 23.7 Å². The van der Waals surface area contributed by atoms with Gasteiger partial charge in [0.25, 0.3) is 0 Å². The van der Waals surface area contributed by atoms with E-state index in [0.29, 0.717) is 12.2 Å². The van der Waals surface area contributed by atoms with E-state index in [0.717, 1.165) is 5.69 Å². The van der Waals surface area contributed by atoms with E-state index in [2.05, 4.69) is 0 Å². The highest BCUT2D eigenvalue weighted by Gasteiger charge is 2.07. The SMILES string of the molecule is CCN(CC(=O)O)c1ccc(N)cc1. The number of hydrogen-bond acceptors (Lipinski definition) is 3. The van der Waals surface area contributed by atoms with Crippen molar-refractivity contribution in [3.8, 4) is 0 Å². The molecule has 1 aromatic rings. The lowest BCUT2D eigenvalue weighted by molar-refractivity contribution is -0.135. The summed E-state index contributed by atoms with van der Waals surface area (Å²) in [6, 6.07) is 7.17. The van der Waals surface area contributed by atoms with Crippen LogP contribution in [0.2, 0.25) is 0 Å². The molecular weight excluding hydrogens is 180 g/mol. The van der Waals surface area contributed by atoms with Crippen LogP contribution in [0.3, 0.4) is 0 Å². The number of rotatable bonds is 4. The van der Waals surface area contributed by atoms with Crippen molar-refractivity contribution in [1.82, 2.24) is 0 Å². The van der Waals surface area contributed by atoms with Crippen molar-refractivity contribution >= 4 is 17.3 Å². The van der Waals surface area contributed by atoms with Crippen molar-refractivity contribution < 1.29 is 9.90 Å². The molecule has 0 fully saturated rings.